The maximum Gasteiger partial charge on any atom is 0.0634 e. The highest BCUT2D eigenvalue weighted by atomic mass is 16.5. The Kier molecular flexibility index (Phi) is 1.87. The Bertz CT molecular complexity index is 135. The molecule has 3 N–H and O–H groups in total. The zero-order valence-electron chi connectivity index (χ0n) is 6.57. The quantitative estimate of drug-likeness (QED) is 0.580. The standard InChI is InChI=1S/C8H15NO2/c9-3-5-6(4-10)8-2-1-7(5)11-8/h5-8,10H,1-4,9H2/t5-,6-,7+,8+/m0/s1. The van der Waals surface area contributed by atoms with E-state index in [2.05, 4.69) is 0 Å². The van der Waals surface area contributed by atoms with E-state index in [1.807, 2.05) is 0 Å². The third-order valence-corrected chi connectivity index (χ3v) is 3.07. The Balaban J connectivity index is 2.08. The van der Waals surface area contributed by atoms with Crippen LogP contribution in [0.4, 0.5) is 0 Å². The molecule has 0 aliphatic carbocycles. The van der Waals surface area contributed by atoms with Gasteiger partial charge in [0.15, 0.2) is 0 Å². The summed E-state index contributed by atoms with van der Waals surface area (Å²) in [6.07, 6.45) is 2.91. The lowest BCUT2D eigenvalue weighted by molar-refractivity contribution is 0.0787. The highest BCUT2D eigenvalue weighted by molar-refractivity contribution is 4.96. The number of ether oxygens (including phenoxy) is 1. The van der Waals surface area contributed by atoms with Crippen LogP contribution >= 0.6 is 0 Å². The average molecular weight is 157 g/mol. The summed E-state index contributed by atoms with van der Waals surface area (Å²) in [5.41, 5.74) is 5.60. The zero-order valence-corrected chi connectivity index (χ0v) is 6.57. The summed E-state index contributed by atoms with van der Waals surface area (Å²) >= 11 is 0. The minimum atomic E-state index is 0.239. The monoisotopic (exact) mass is 157 g/mol. The van der Waals surface area contributed by atoms with Crippen molar-refractivity contribution in [2.75, 3.05) is 13.2 Å². The van der Waals surface area contributed by atoms with E-state index < -0.39 is 0 Å². The Morgan fingerprint density at radius 2 is 1.91 bits per heavy atom. The Hall–Kier alpha value is -0.120. The van der Waals surface area contributed by atoms with E-state index >= 15 is 0 Å². The molecule has 0 radical (unpaired) electrons. The molecule has 11 heavy (non-hydrogen) atoms. The zero-order chi connectivity index (χ0) is 7.84. The fourth-order valence-corrected chi connectivity index (χ4v) is 2.45. The van der Waals surface area contributed by atoms with Crippen LogP contribution in [0.15, 0.2) is 0 Å². The minimum Gasteiger partial charge on any atom is -0.396 e. The molecule has 2 aliphatic rings. The highest BCUT2D eigenvalue weighted by Gasteiger charge is 2.47. The van der Waals surface area contributed by atoms with E-state index in [1.165, 1.54) is 0 Å². The van der Waals surface area contributed by atoms with Gasteiger partial charge in [-0.25, -0.2) is 0 Å². The van der Waals surface area contributed by atoms with Crippen LogP contribution in [0.3, 0.4) is 0 Å². The van der Waals surface area contributed by atoms with E-state index in [0.29, 0.717) is 30.6 Å². The van der Waals surface area contributed by atoms with Gasteiger partial charge >= 0.3 is 0 Å². The maximum absolute atomic E-state index is 9.05. The molecule has 0 aromatic carbocycles. The first-order chi connectivity index (χ1) is 5.36. The van der Waals surface area contributed by atoms with Gasteiger partial charge in [0.05, 0.1) is 12.2 Å². The van der Waals surface area contributed by atoms with Crippen LogP contribution in [-0.2, 0) is 4.74 Å². The van der Waals surface area contributed by atoms with Crippen molar-refractivity contribution in [3.05, 3.63) is 0 Å². The van der Waals surface area contributed by atoms with E-state index in [9.17, 15) is 0 Å². The van der Waals surface area contributed by atoms with Gasteiger partial charge in [-0.05, 0) is 19.4 Å². The lowest BCUT2D eigenvalue weighted by Crippen LogP contribution is -2.34. The van der Waals surface area contributed by atoms with Crippen LogP contribution in [0.2, 0.25) is 0 Å². The number of nitrogens with two attached hydrogens (primary N) is 1. The molecule has 0 aromatic heterocycles. The van der Waals surface area contributed by atoms with Gasteiger partial charge in [0.1, 0.15) is 0 Å². The SMILES string of the molecule is NC[C@H]1[C@H](CO)[C@H]2CC[C@H]1O2. The number of fused-ring (bicyclic) bond motifs is 2. The highest BCUT2D eigenvalue weighted by Crippen LogP contribution is 2.42. The second kappa shape index (κ2) is 2.73. The Morgan fingerprint density at radius 3 is 2.36 bits per heavy atom. The molecule has 2 heterocycles. The summed E-state index contributed by atoms with van der Waals surface area (Å²) in [5, 5.41) is 9.05. The molecule has 0 spiro atoms. The molecule has 2 aliphatic heterocycles. The van der Waals surface area contributed by atoms with Crippen molar-refractivity contribution in [2.24, 2.45) is 17.6 Å². The van der Waals surface area contributed by atoms with Crippen molar-refractivity contribution in [3.8, 4) is 0 Å². The molecule has 3 heteroatoms. The molecule has 0 unspecified atom stereocenters. The Labute approximate surface area is 66.5 Å². The lowest BCUT2D eigenvalue weighted by atomic mass is 9.80. The summed E-state index contributed by atoms with van der Waals surface area (Å²) in [6.45, 7) is 0.898. The number of aliphatic hydroxyl groups excluding tert-OH is 1. The normalized spacial score (nSPS) is 48.5. The first-order valence-electron chi connectivity index (χ1n) is 4.33. The maximum atomic E-state index is 9.05. The second-order valence-electron chi connectivity index (χ2n) is 3.54. The molecule has 2 bridgehead atoms. The number of aliphatic hydroxyl groups is 1. The number of hydrogen-bond donors (Lipinski definition) is 2. The minimum absolute atomic E-state index is 0.239. The van der Waals surface area contributed by atoms with E-state index in [0.717, 1.165) is 12.8 Å². The van der Waals surface area contributed by atoms with Crippen molar-refractivity contribution >= 4 is 0 Å². The summed E-state index contributed by atoms with van der Waals surface area (Å²) in [6, 6.07) is 0. The molecular weight excluding hydrogens is 142 g/mol. The molecule has 2 saturated heterocycles. The fraction of sp³-hybridized carbons (Fsp3) is 1.00. The lowest BCUT2D eigenvalue weighted by Gasteiger charge is -2.24. The van der Waals surface area contributed by atoms with Crippen LogP contribution in [0.25, 0.3) is 0 Å². The van der Waals surface area contributed by atoms with Crippen molar-refractivity contribution < 1.29 is 9.84 Å². The van der Waals surface area contributed by atoms with Gasteiger partial charge in [0.25, 0.3) is 0 Å². The van der Waals surface area contributed by atoms with Crippen molar-refractivity contribution in [2.45, 2.75) is 25.0 Å². The van der Waals surface area contributed by atoms with E-state index in [1.54, 1.807) is 0 Å². The molecule has 0 amide bonds. The third-order valence-electron chi connectivity index (χ3n) is 3.07. The van der Waals surface area contributed by atoms with Gasteiger partial charge in [-0.3, -0.25) is 0 Å². The van der Waals surface area contributed by atoms with E-state index in [4.69, 9.17) is 15.6 Å². The van der Waals surface area contributed by atoms with Crippen LogP contribution in [0, 0.1) is 11.8 Å². The first kappa shape index (κ1) is 7.53. The molecule has 2 fully saturated rings. The largest absolute Gasteiger partial charge is 0.396 e. The third kappa shape index (κ3) is 0.991. The first-order valence-corrected chi connectivity index (χ1v) is 4.33. The molecule has 2 rings (SSSR count). The van der Waals surface area contributed by atoms with Crippen LogP contribution in [-0.4, -0.2) is 30.5 Å². The van der Waals surface area contributed by atoms with Gasteiger partial charge in [0, 0.05) is 18.4 Å². The smallest absolute Gasteiger partial charge is 0.0634 e. The number of hydrogen-bond acceptors (Lipinski definition) is 3. The predicted molar refractivity (Wildman–Crippen MR) is 41.0 cm³/mol. The molecule has 0 aromatic rings. The van der Waals surface area contributed by atoms with Crippen LogP contribution in [0.1, 0.15) is 12.8 Å². The van der Waals surface area contributed by atoms with Crippen LogP contribution in [0.5, 0.6) is 0 Å². The van der Waals surface area contributed by atoms with E-state index in [-0.39, 0.29) is 6.61 Å². The summed E-state index contributed by atoms with van der Waals surface area (Å²) in [4.78, 5) is 0. The average Bonchev–Trinajstić information content (AvgIpc) is 2.60. The van der Waals surface area contributed by atoms with Crippen molar-refractivity contribution in [1.29, 1.82) is 0 Å². The summed E-state index contributed by atoms with van der Waals surface area (Å²) in [5.74, 6) is 0.734. The van der Waals surface area contributed by atoms with Crippen LogP contribution < -0.4 is 5.73 Å². The van der Waals surface area contributed by atoms with Gasteiger partial charge in [0.2, 0.25) is 0 Å². The number of rotatable bonds is 2. The van der Waals surface area contributed by atoms with Crippen molar-refractivity contribution in [3.63, 3.8) is 0 Å². The molecular formula is C8H15NO2. The summed E-state index contributed by atoms with van der Waals surface area (Å²) in [7, 11) is 0. The molecule has 64 valence electrons. The second-order valence-corrected chi connectivity index (χ2v) is 3.54. The Morgan fingerprint density at radius 1 is 1.27 bits per heavy atom. The fourth-order valence-electron chi connectivity index (χ4n) is 2.45. The molecule has 4 atom stereocenters. The van der Waals surface area contributed by atoms with Gasteiger partial charge in [-0.2, -0.15) is 0 Å². The van der Waals surface area contributed by atoms with Crippen molar-refractivity contribution in [1.82, 2.24) is 0 Å². The van der Waals surface area contributed by atoms with Gasteiger partial charge < -0.3 is 15.6 Å². The predicted octanol–water partition coefficient (Wildman–Crippen LogP) is -0.269. The van der Waals surface area contributed by atoms with Gasteiger partial charge in [-0.15, -0.1) is 0 Å². The topological polar surface area (TPSA) is 55.5 Å². The van der Waals surface area contributed by atoms with Gasteiger partial charge in [-0.1, -0.05) is 0 Å². The summed E-state index contributed by atoms with van der Waals surface area (Å²) < 4.78 is 5.64. The molecule has 3 nitrogen and oxygen atoms in total. The molecule has 0 saturated carbocycles.